The fraction of sp³-hybridized carbons (Fsp3) is 0.190. The molecule has 29 heavy (non-hydrogen) atoms. The van der Waals surface area contributed by atoms with Crippen LogP contribution in [0.25, 0.3) is 0 Å². The number of hydrazone groups is 1. The van der Waals surface area contributed by atoms with Crippen LogP contribution in [0.5, 0.6) is 0 Å². The van der Waals surface area contributed by atoms with E-state index < -0.39 is 11.6 Å². The third-order valence-corrected chi connectivity index (χ3v) is 5.45. The summed E-state index contributed by atoms with van der Waals surface area (Å²) in [7, 11) is 0. The smallest absolute Gasteiger partial charge is 0.257 e. The van der Waals surface area contributed by atoms with E-state index in [0.29, 0.717) is 22.7 Å². The number of carbonyl (C=O) groups is 1. The molecule has 1 N–H and O–H groups in total. The number of anilines is 2. The molecule has 1 aliphatic heterocycles. The number of hydrogen-bond acceptors (Lipinski definition) is 5. The van der Waals surface area contributed by atoms with Crippen LogP contribution in [0.1, 0.15) is 34.1 Å². The Morgan fingerprint density at radius 2 is 1.97 bits per heavy atom. The molecule has 0 fully saturated rings. The molecule has 2 aromatic carbocycles. The molecular formula is C21H18F2N4OS. The monoisotopic (exact) mass is 412 g/mol. The van der Waals surface area contributed by atoms with E-state index in [1.807, 2.05) is 24.1 Å². The van der Waals surface area contributed by atoms with Crippen molar-refractivity contribution in [2.24, 2.45) is 5.10 Å². The molecule has 0 unspecified atom stereocenters. The number of nitrogens with one attached hydrogen (secondary N) is 1. The first kappa shape index (κ1) is 19.2. The molecule has 1 aromatic heterocycles. The lowest BCUT2D eigenvalue weighted by Gasteiger charge is -2.13. The Morgan fingerprint density at radius 3 is 2.66 bits per heavy atom. The number of halogens is 2. The lowest BCUT2D eigenvalue weighted by Crippen LogP contribution is -2.14. The lowest BCUT2D eigenvalue weighted by atomic mass is 10.1. The molecule has 3 aromatic rings. The van der Waals surface area contributed by atoms with Gasteiger partial charge in [0.05, 0.1) is 5.69 Å². The topological polar surface area (TPSA) is 57.6 Å². The molecular weight excluding hydrogens is 394 g/mol. The second kappa shape index (κ2) is 8.08. The fourth-order valence-electron chi connectivity index (χ4n) is 3.01. The largest absolute Gasteiger partial charge is 0.298 e. The summed E-state index contributed by atoms with van der Waals surface area (Å²) >= 11 is 1.30. The van der Waals surface area contributed by atoms with Crippen LogP contribution in [0.2, 0.25) is 0 Å². The highest BCUT2D eigenvalue weighted by molar-refractivity contribution is 7.15. The minimum atomic E-state index is -0.876. The zero-order chi connectivity index (χ0) is 20.4. The Balaban J connectivity index is 1.39. The quantitative estimate of drug-likeness (QED) is 0.652. The first-order valence-corrected chi connectivity index (χ1v) is 9.91. The van der Waals surface area contributed by atoms with Gasteiger partial charge in [-0.3, -0.25) is 15.1 Å². The number of thiazole rings is 1. The summed E-state index contributed by atoms with van der Waals surface area (Å²) in [5, 5.41) is 9.59. The SMILES string of the molecule is CC1=NN(c2ccc(C(=O)Nc3ncc(Cc4ccc(F)c(F)c4)s3)cc2)CC1. The first-order chi connectivity index (χ1) is 14.0. The summed E-state index contributed by atoms with van der Waals surface area (Å²) in [6.45, 7) is 2.84. The van der Waals surface area contributed by atoms with Crippen molar-refractivity contribution < 1.29 is 13.6 Å². The van der Waals surface area contributed by atoms with Gasteiger partial charge in [-0.1, -0.05) is 6.07 Å². The third kappa shape index (κ3) is 4.48. The average molecular weight is 412 g/mol. The van der Waals surface area contributed by atoms with Gasteiger partial charge in [-0.15, -0.1) is 11.3 Å². The van der Waals surface area contributed by atoms with Crippen LogP contribution in [0.3, 0.4) is 0 Å². The molecule has 8 heteroatoms. The standard InChI is InChI=1S/C21H18F2N4OS/c1-13-8-9-27(26-13)16-5-3-15(4-6-16)20(28)25-21-24-12-17(29-21)10-14-2-7-18(22)19(23)11-14/h2-7,11-12H,8-10H2,1H3,(H,24,25,28). The molecule has 0 saturated heterocycles. The minimum Gasteiger partial charge on any atom is -0.298 e. The molecule has 1 amide bonds. The third-order valence-electron chi connectivity index (χ3n) is 4.54. The zero-order valence-corrected chi connectivity index (χ0v) is 16.5. The van der Waals surface area contributed by atoms with Crippen LogP contribution in [0, 0.1) is 11.6 Å². The first-order valence-electron chi connectivity index (χ1n) is 9.09. The Labute approximate surface area is 170 Å². The van der Waals surface area contributed by atoms with Crippen LogP contribution in [-0.4, -0.2) is 23.1 Å². The van der Waals surface area contributed by atoms with Gasteiger partial charge in [0.2, 0.25) is 0 Å². The van der Waals surface area contributed by atoms with Gasteiger partial charge in [-0.05, 0) is 48.9 Å². The summed E-state index contributed by atoms with van der Waals surface area (Å²) in [6.07, 6.45) is 2.98. The number of rotatable bonds is 5. The number of hydrogen-bond donors (Lipinski definition) is 1. The molecule has 1 aliphatic rings. The Morgan fingerprint density at radius 1 is 1.17 bits per heavy atom. The Hall–Kier alpha value is -3.13. The number of aromatic nitrogens is 1. The maximum Gasteiger partial charge on any atom is 0.257 e. The molecule has 148 valence electrons. The van der Waals surface area contributed by atoms with E-state index in [2.05, 4.69) is 15.4 Å². The van der Waals surface area contributed by atoms with Gasteiger partial charge in [0.15, 0.2) is 16.8 Å². The van der Waals surface area contributed by atoms with Crippen molar-refractivity contribution in [1.29, 1.82) is 0 Å². The number of benzene rings is 2. The van der Waals surface area contributed by atoms with Gasteiger partial charge in [0.1, 0.15) is 0 Å². The summed E-state index contributed by atoms with van der Waals surface area (Å²) in [4.78, 5) is 17.5. The predicted octanol–water partition coefficient (Wildman–Crippen LogP) is 4.85. The number of nitrogens with zero attached hydrogens (tertiary/aromatic N) is 3. The second-order valence-corrected chi connectivity index (χ2v) is 7.88. The molecule has 0 bridgehead atoms. The van der Waals surface area contributed by atoms with E-state index in [1.165, 1.54) is 23.5 Å². The summed E-state index contributed by atoms with van der Waals surface area (Å²) in [5.41, 5.74) is 3.20. The van der Waals surface area contributed by atoms with Crippen LogP contribution in [-0.2, 0) is 6.42 Å². The normalized spacial score (nSPS) is 13.5. The van der Waals surface area contributed by atoms with Gasteiger partial charge in [-0.2, -0.15) is 5.10 Å². The molecule has 0 radical (unpaired) electrons. The van der Waals surface area contributed by atoms with Crippen LogP contribution in [0.15, 0.2) is 53.8 Å². The van der Waals surface area contributed by atoms with Crippen molar-refractivity contribution in [2.45, 2.75) is 19.8 Å². The molecule has 0 saturated carbocycles. The molecule has 5 nitrogen and oxygen atoms in total. The van der Waals surface area contributed by atoms with Crippen molar-refractivity contribution in [3.8, 4) is 0 Å². The van der Waals surface area contributed by atoms with E-state index >= 15 is 0 Å². The Kier molecular flexibility index (Phi) is 5.35. The van der Waals surface area contributed by atoms with Crippen molar-refractivity contribution in [3.05, 3.63) is 76.3 Å². The van der Waals surface area contributed by atoms with Gasteiger partial charge < -0.3 is 0 Å². The lowest BCUT2D eigenvalue weighted by molar-refractivity contribution is 0.102. The number of carbonyl (C=O) groups excluding carboxylic acids is 1. The summed E-state index contributed by atoms with van der Waals surface area (Å²) in [6, 6.07) is 11.0. The Bertz CT molecular complexity index is 1080. The van der Waals surface area contributed by atoms with Crippen molar-refractivity contribution in [2.75, 3.05) is 16.9 Å². The van der Waals surface area contributed by atoms with Crippen molar-refractivity contribution >= 4 is 33.8 Å². The van der Waals surface area contributed by atoms with E-state index in [1.54, 1.807) is 18.3 Å². The van der Waals surface area contributed by atoms with E-state index in [0.717, 1.165) is 35.3 Å². The molecule has 0 atom stereocenters. The van der Waals surface area contributed by atoms with E-state index in [-0.39, 0.29) is 5.91 Å². The maximum atomic E-state index is 13.3. The van der Waals surface area contributed by atoms with Crippen LogP contribution in [0.4, 0.5) is 19.6 Å². The van der Waals surface area contributed by atoms with Gasteiger partial charge in [-0.25, -0.2) is 13.8 Å². The van der Waals surface area contributed by atoms with E-state index in [9.17, 15) is 13.6 Å². The van der Waals surface area contributed by atoms with E-state index in [4.69, 9.17) is 0 Å². The van der Waals surface area contributed by atoms with Crippen molar-refractivity contribution in [3.63, 3.8) is 0 Å². The summed E-state index contributed by atoms with van der Waals surface area (Å²) < 4.78 is 26.4. The molecule has 2 heterocycles. The van der Waals surface area contributed by atoms with Gasteiger partial charge >= 0.3 is 0 Å². The molecule has 4 rings (SSSR count). The minimum absolute atomic E-state index is 0.258. The second-order valence-electron chi connectivity index (χ2n) is 6.77. The van der Waals surface area contributed by atoms with Crippen LogP contribution >= 0.6 is 11.3 Å². The van der Waals surface area contributed by atoms with Gasteiger partial charge in [0, 0.05) is 41.7 Å². The molecule has 0 spiro atoms. The molecule has 0 aliphatic carbocycles. The van der Waals surface area contributed by atoms with Crippen LogP contribution < -0.4 is 10.3 Å². The average Bonchev–Trinajstić information content (AvgIpc) is 3.34. The zero-order valence-electron chi connectivity index (χ0n) is 15.7. The highest BCUT2D eigenvalue weighted by Crippen LogP contribution is 2.24. The predicted molar refractivity (Wildman–Crippen MR) is 111 cm³/mol. The highest BCUT2D eigenvalue weighted by Gasteiger charge is 2.14. The maximum absolute atomic E-state index is 13.3. The van der Waals surface area contributed by atoms with Crippen molar-refractivity contribution in [1.82, 2.24) is 4.98 Å². The number of amides is 1. The summed E-state index contributed by atoms with van der Waals surface area (Å²) in [5.74, 6) is -2.01. The highest BCUT2D eigenvalue weighted by atomic mass is 32.1. The van der Waals surface area contributed by atoms with Gasteiger partial charge in [0.25, 0.3) is 5.91 Å². The fourth-order valence-corrected chi connectivity index (χ4v) is 3.85.